The Morgan fingerprint density at radius 1 is 1.39 bits per heavy atom. The van der Waals surface area contributed by atoms with Crippen LogP contribution in [-0.4, -0.2) is 24.3 Å². The normalized spacial score (nSPS) is 12.7. The molecule has 0 fully saturated rings. The van der Waals surface area contributed by atoms with Crippen LogP contribution in [0.25, 0.3) is 0 Å². The van der Waals surface area contributed by atoms with E-state index in [-0.39, 0.29) is 12.1 Å². The van der Waals surface area contributed by atoms with E-state index in [0.717, 1.165) is 17.7 Å². The highest BCUT2D eigenvalue weighted by molar-refractivity contribution is 5.26. The summed E-state index contributed by atoms with van der Waals surface area (Å²) in [6.45, 7) is 7.33. The van der Waals surface area contributed by atoms with Gasteiger partial charge in [0, 0.05) is 25.5 Å². The van der Waals surface area contributed by atoms with E-state index in [9.17, 15) is 0 Å². The lowest BCUT2D eigenvalue weighted by Gasteiger charge is -2.17. The number of nitrogens with one attached hydrogen (secondary N) is 1. The summed E-state index contributed by atoms with van der Waals surface area (Å²) in [5.41, 5.74) is 3.79. The molecule has 1 heterocycles. The molecule has 3 N–H and O–H groups in total. The smallest absolute Gasteiger partial charge is 0.138 e. The van der Waals surface area contributed by atoms with Gasteiger partial charge in [0.05, 0.1) is 12.3 Å². The summed E-state index contributed by atoms with van der Waals surface area (Å²) in [5, 5.41) is 0. The van der Waals surface area contributed by atoms with Crippen LogP contribution < -0.4 is 16.0 Å². The van der Waals surface area contributed by atoms with Gasteiger partial charge in [0.25, 0.3) is 0 Å². The molecule has 0 bridgehead atoms. The lowest BCUT2D eigenvalue weighted by Crippen LogP contribution is -2.29. The predicted molar refractivity (Wildman–Crippen MR) is 71.2 cm³/mol. The lowest BCUT2D eigenvalue weighted by molar-refractivity contribution is 0.136. The van der Waals surface area contributed by atoms with Crippen molar-refractivity contribution in [2.75, 3.05) is 13.2 Å². The van der Waals surface area contributed by atoms with Crippen LogP contribution in [0.1, 0.15) is 38.8 Å². The molecule has 18 heavy (non-hydrogen) atoms. The zero-order valence-electron chi connectivity index (χ0n) is 11.3. The van der Waals surface area contributed by atoms with E-state index in [4.69, 9.17) is 15.3 Å². The number of hydrogen-bond acceptors (Lipinski definition) is 5. The summed E-state index contributed by atoms with van der Waals surface area (Å²) < 4.78 is 10.9. The second kappa shape index (κ2) is 8.02. The number of ether oxygens (including phenoxy) is 2. The van der Waals surface area contributed by atoms with Crippen molar-refractivity contribution in [2.24, 2.45) is 5.84 Å². The third kappa shape index (κ3) is 5.00. The topological polar surface area (TPSA) is 69.4 Å². The average Bonchev–Trinajstić information content (AvgIpc) is 2.34. The molecular formula is C13H23N3O2. The van der Waals surface area contributed by atoms with Crippen LogP contribution in [0, 0.1) is 0 Å². The van der Waals surface area contributed by atoms with Gasteiger partial charge >= 0.3 is 0 Å². The van der Waals surface area contributed by atoms with Crippen LogP contribution >= 0.6 is 0 Å². The van der Waals surface area contributed by atoms with Crippen LogP contribution in [0.2, 0.25) is 0 Å². The van der Waals surface area contributed by atoms with E-state index in [1.165, 1.54) is 0 Å². The second-order valence-corrected chi connectivity index (χ2v) is 4.33. The minimum absolute atomic E-state index is 0.0276. The van der Waals surface area contributed by atoms with Gasteiger partial charge in [-0.1, -0.05) is 0 Å². The standard InChI is InChI=1S/C13H23N3O2/c1-4-17-6-5-13(16-14)11-7-12(9-15-8-11)18-10(2)3/h7-10,13,16H,4-6,14H2,1-3H3. The highest BCUT2D eigenvalue weighted by atomic mass is 16.5. The fourth-order valence-electron chi connectivity index (χ4n) is 1.65. The molecular weight excluding hydrogens is 230 g/mol. The molecule has 0 saturated carbocycles. The van der Waals surface area contributed by atoms with Gasteiger partial charge in [-0.2, -0.15) is 0 Å². The molecule has 0 saturated heterocycles. The number of nitrogens with zero attached hydrogens (tertiary/aromatic N) is 1. The zero-order valence-corrected chi connectivity index (χ0v) is 11.3. The first-order valence-electron chi connectivity index (χ1n) is 6.32. The molecule has 0 aliphatic carbocycles. The Kier molecular flexibility index (Phi) is 6.64. The fourth-order valence-corrected chi connectivity index (χ4v) is 1.65. The maximum Gasteiger partial charge on any atom is 0.138 e. The Balaban J connectivity index is 2.66. The minimum atomic E-state index is 0.0276. The first-order valence-corrected chi connectivity index (χ1v) is 6.32. The van der Waals surface area contributed by atoms with Gasteiger partial charge in [0.15, 0.2) is 0 Å². The highest BCUT2D eigenvalue weighted by Gasteiger charge is 2.11. The molecule has 102 valence electrons. The van der Waals surface area contributed by atoms with Crippen molar-refractivity contribution in [2.45, 2.75) is 39.3 Å². The van der Waals surface area contributed by atoms with Crippen molar-refractivity contribution in [3.8, 4) is 5.75 Å². The van der Waals surface area contributed by atoms with Crippen LogP contribution in [-0.2, 0) is 4.74 Å². The zero-order chi connectivity index (χ0) is 13.4. The number of nitrogens with two attached hydrogens (primary N) is 1. The second-order valence-electron chi connectivity index (χ2n) is 4.33. The third-order valence-corrected chi connectivity index (χ3v) is 2.46. The van der Waals surface area contributed by atoms with Gasteiger partial charge < -0.3 is 9.47 Å². The van der Waals surface area contributed by atoms with Crippen molar-refractivity contribution in [1.82, 2.24) is 10.4 Å². The van der Waals surface area contributed by atoms with Crippen molar-refractivity contribution in [3.63, 3.8) is 0 Å². The molecule has 0 spiro atoms. The van der Waals surface area contributed by atoms with Crippen molar-refractivity contribution in [1.29, 1.82) is 0 Å². The van der Waals surface area contributed by atoms with Gasteiger partial charge in [-0.3, -0.25) is 16.3 Å². The van der Waals surface area contributed by atoms with E-state index in [1.54, 1.807) is 12.4 Å². The summed E-state index contributed by atoms with van der Waals surface area (Å²) in [4.78, 5) is 4.17. The summed E-state index contributed by atoms with van der Waals surface area (Å²) in [5.74, 6) is 6.33. The molecule has 0 aliphatic rings. The minimum Gasteiger partial charge on any atom is -0.489 e. The molecule has 5 heteroatoms. The fraction of sp³-hybridized carbons (Fsp3) is 0.615. The number of hydrazine groups is 1. The Morgan fingerprint density at radius 2 is 2.17 bits per heavy atom. The number of aromatic nitrogens is 1. The van der Waals surface area contributed by atoms with Gasteiger partial charge in [0.2, 0.25) is 0 Å². The Labute approximate surface area is 109 Å². The van der Waals surface area contributed by atoms with Crippen molar-refractivity contribution < 1.29 is 9.47 Å². The number of pyridine rings is 1. The van der Waals surface area contributed by atoms with Crippen LogP contribution in [0.4, 0.5) is 0 Å². The predicted octanol–water partition coefficient (Wildman–Crippen LogP) is 1.80. The Morgan fingerprint density at radius 3 is 2.78 bits per heavy atom. The van der Waals surface area contributed by atoms with E-state index < -0.39 is 0 Å². The lowest BCUT2D eigenvalue weighted by atomic mass is 10.1. The SMILES string of the molecule is CCOCCC(NN)c1cncc(OC(C)C)c1. The Bertz CT molecular complexity index is 345. The summed E-state index contributed by atoms with van der Waals surface area (Å²) >= 11 is 0. The molecule has 0 radical (unpaired) electrons. The van der Waals surface area contributed by atoms with E-state index in [0.29, 0.717) is 13.2 Å². The van der Waals surface area contributed by atoms with E-state index >= 15 is 0 Å². The molecule has 1 aromatic rings. The monoisotopic (exact) mass is 253 g/mol. The van der Waals surface area contributed by atoms with Crippen molar-refractivity contribution >= 4 is 0 Å². The van der Waals surface area contributed by atoms with E-state index in [2.05, 4.69) is 10.4 Å². The van der Waals surface area contributed by atoms with Crippen LogP contribution in [0.3, 0.4) is 0 Å². The highest BCUT2D eigenvalue weighted by Crippen LogP contribution is 2.20. The molecule has 1 aromatic heterocycles. The first kappa shape index (κ1) is 14.9. The van der Waals surface area contributed by atoms with Crippen LogP contribution in [0.5, 0.6) is 5.75 Å². The quantitative estimate of drug-likeness (QED) is 0.420. The molecule has 0 amide bonds. The maximum absolute atomic E-state index is 5.61. The molecule has 0 aromatic carbocycles. The third-order valence-electron chi connectivity index (χ3n) is 2.46. The number of rotatable bonds is 8. The summed E-state index contributed by atoms with van der Waals surface area (Å²) in [7, 11) is 0. The number of hydrogen-bond donors (Lipinski definition) is 2. The van der Waals surface area contributed by atoms with Gasteiger partial charge in [-0.05, 0) is 38.8 Å². The maximum atomic E-state index is 5.61. The molecule has 1 rings (SSSR count). The van der Waals surface area contributed by atoms with Gasteiger partial charge in [-0.25, -0.2) is 0 Å². The largest absolute Gasteiger partial charge is 0.489 e. The first-order chi connectivity index (χ1) is 8.67. The Hall–Kier alpha value is -1.17. The molecule has 1 atom stereocenters. The average molecular weight is 253 g/mol. The summed E-state index contributed by atoms with van der Waals surface area (Å²) in [6, 6.07) is 1.99. The van der Waals surface area contributed by atoms with Crippen molar-refractivity contribution in [3.05, 3.63) is 24.0 Å². The van der Waals surface area contributed by atoms with Gasteiger partial charge in [-0.15, -0.1) is 0 Å². The molecule has 5 nitrogen and oxygen atoms in total. The van der Waals surface area contributed by atoms with Gasteiger partial charge in [0.1, 0.15) is 5.75 Å². The molecule has 1 unspecified atom stereocenters. The molecule has 0 aliphatic heterocycles. The summed E-state index contributed by atoms with van der Waals surface area (Å²) in [6.07, 6.45) is 4.44. The van der Waals surface area contributed by atoms with Crippen LogP contribution in [0.15, 0.2) is 18.5 Å². The van der Waals surface area contributed by atoms with E-state index in [1.807, 2.05) is 26.8 Å².